The van der Waals surface area contributed by atoms with Gasteiger partial charge in [-0.1, -0.05) is 0 Å². The Morgan fingerprint density at radius 1 is 1.50 bits per heavy atom. The minimum atomic E-state index is -0.502. The van der Waals surface area contributed by atoms with E-state index < -0.39 is 6.10 Å². The smallest absolute Gasteiger partial charge is 0.250 e. The highest BCUT2D eigenvalue weighted by atomic mass is 32.2. The van der Waals surface area contributed by atoms with E-state index >= 15 is 0 Å². The van der Waals surface area contributed by atoms with Crippen molar-refractivity contribution in [3.63, 3.8) is 0 Å². The average molecular weight is 246 g/mol. The fraction of sp³-hybridized carbons (Fsp3) is 0.909. The summed E-state index contributed by atoms with van der Waals surface area (Å²) in [6.07, 6.45) is 6.16. The minimum Gasteiger partial charge on any atom is -0.370 e. The van der Waals surface area contributed by atoms with Gasteiger partial charge in [-0.3, -0.25) is 4.79 Å². The quantitative estimate of drug-likeness (QED) is 0.751. The lowest BCUT2D eigenvalue weighted by Crippen LogP contribution is -2.46. The van der Waals surface area contributed by atoms with E-state index in [1.54, 1.807) is 0 Å². The van der Waals surface area contributed by atoms with Crippen LogP contribution in [0.1, 0.15) is 25.7 Å². The number of nitrogens with two attached hydrogens (primary N) is 1. The van der Waals surface area contributed by atoms with Crippen molar-refractivity contribution in [2.45, 2.75) is 43.1 Å². The summed E-state index contributed by atoms with van der Waals surface area (Å²) < 4.78 is 5.00. The molecule has 0 spiro atoms. The third-order valence-corrected chi connectivity index (χ3v) is 4.28. The molecule has 1 saturated carbocycles. The number of carbonyl (C=O) groups is 1. The van der Waals surface area contributed by atoms with Crippen molar-refractivity contribution in [3.8, 4) is 0 Å². The van der Waals surface area contributed by atoms with E-state index in [-0.39, 0.29) is 12.5 Å². The summed E-state index contributed by atoms with van der Waals surface area (Å²) in [5.74, 6) is -0.0717. The Balaban J connectivity index is 2.30. The fourth-order valence-electron chi connectivity index (χ4n) is 2.05. The topological polar surface area (TPSA) is 64.3 Å². The van der Waals surface area contributed by atoms with Crippen LogP contribution < -0.4 is 11.1 Å². The Morgan fingerprint density at radius 2 is 2.12 bits per heavy atom. The van der Waals surface area contributed by atoms with Gasteiger partial charge >= 0.3 is 0 Å². The van der Waals surface area contributed by atoms with E-state index in [0.29, 0.717) is 6.04 Å². The molecule has 0 bridgehead atoms. The van der Waals surface area contributed by atoms with E-state index in [2.05, 4.69) is 11.6 Å². The molecule has 0 aromatic carbocycles. The van der Waals surface area contributed by atoms with E-state index in [1.165, 1.54) is 20.0 Å². The van der Waals surface area contributed by atoms with E-state index in [0.717, 1.165) is 18.1 Å². The first kappa shape index (κ1) is 13.8. The van der Waals surface area contributed by atoms with Crippen LogP contribution in [0.2, 0.25) is 0 Å². The van der Waals surface area contributed by atoms with Crippen LogP contribution in [-0.2, 0) is 9.53 Å². The Hall–Kier alpha value is -0.260. The average Bonchev–Trinajstić information content (AvgIpc) is 2.31. The summed E-state index contributed by atoms with van der Waals surface area (Å²) >= 11 is 1.92. The van der Waals surface area contributed by atoms with Gasteiger partial charge in [-0.15, -0.1) is 0 Å². The Morgan fingerprint density at radius 3 is 2.56 bits per heavy atom. The third kappa shape index (κ3) is 3.96. The van der Waals surface area contributed by atoms with Crippen LogP contribution in [0.4, 0.5) is 0 Å². The maximum Gasteiger partial charge on any atom is 0.250 e. The van der Waals surface area contributed by atoms with Gasteiger partial charge in [-0.25, -0.2) is 0 Å². The molecule has 3 N–H and O–H groups in total. The predicted octanol–water partition coefficient (Wildman–Crippen LogP) is 0.751. The van der Waals surface area contributed by atoms with Gasteiger partial charge < -0.3 is 15.8 Å². The van der Waals surface area contributed by atoms with Crippen molar-refractivity contribution >= 4 is 17.7 Å². The number of hydrogen-bond acceptors (Lipinski definition) is 4. The largest absolute Gasteiger partial charge is 0.370 e. The normalized spacial score (nSPS) is 27.4. The Labute approximate surface area is 102 Å². The SMILES string of the molecule is COC(CN)C(=O)NC1CCC(SC)CC1. The Bertz CT molecular complexity index is 214. The maximum atomic E-state index is 11.7. The van der Waals surface area contributed by atoms with Crippen molar-refractivity contribution in [1.82, 2.24) is 5.32 Å². The van der Waals surface area contributed by atoms with Crippen molar-refractivity contribution in [1.29, 1.82) is 0 Å². The molecule has 0 radical (unpaired) electrons. The zero-order valence-corrected chi connectivity index (χ0v) is 10.9. The molecule has 16 heavy (non-hydrogen) atoms. The maximum absolute atomic E-state index is 11.7. The fourth-order valence-corrected chi connectivity index (χ4v) is 2.79. The van der Waals surface area contributed by atoms with Crippen LogP contribution in [0.15, 0.2) is 0 Å². The summed E-state index contributed by atoms with van der Waals surface area (Å²) in [7, 11) is 1.52. The number of rotatable bonds is 5. The molecule has 1 fully saturated rings. The number of amides is 1. The molecule has 0 aliphatic heterocycles. The lowest BCUT2D eigenvalue weighted by Gasteiger charge is -2.29. The highest BCUT2D eigenvalue weighted by Crippen LogP contribution is 2.26. The lowest BCUT2D eigenvalue weighted by atomic mass is 9.95. The standard InChI is InChI=1S/C11H22N2O2S/c1-15-10(7-12)11(14)13-8-3-5-9(16-2)6-4-8/h8-10H,3-7,12H2,1-2H3,(H,13,14). The van der Waals surface area contributed by atoms with E-state index in [4.69, 9.17) is 10.5 Å². The number of hydrogen-bond donors (Lipinski definition) is 2. The molecule has 1 aliphatic rings. The van der Waals surface area contributed by atoms with Gasteiger partial charge in [-0.05, 0) is 31.9 Å². The minimum absolute atomic E-state index is 0.0717. The monoisotopic (exact) mass is 246 g/mol. The first-order chi connectivity index (χ1) is 7.71. The number of nitrogens with one attached hydrogen (secondary N) is 1. The molecule has 0 saturated heterocycles. The van der Waals surface area contributed by atoms with Crippen LogP contribution in [0.5, 0.6) is 0 Å². The molecule has 94 valence electrons. The number of ether oxygens (including phenoxy) is 1. The summed E-state index contributed by atoms with van der Waals surface area (Å²) in [4.78, 5) is 11.7. The highest BCUT2D eigenvalue weighted by Gasteiger charge is 2.24. The third-order valence-electron chi connectivity index (χ3n) is 3.14. The number of carbonyl (C=O) groups excluding carboxylic acids is 1. The second-order valence-electron chi connectivity index (χ2n) is 4.18. The summed E-state index contributed by atoms with van der Waals surface area (Å²) in [6, 6.07) is 0.306. The summed E-state index contributed by atoms with van der Waals surface area (Å²) in [5, 5.41) is 3.78. The van der Waals surface area contributed by atoms with Crippen molar-refractivity contribution in [3.05, 3.63) is 0 Å². The van der Waals surface area contributed by atoms with Crippen molar-refractivity contribution in [2.75, 3.05) is 19.9 Å². The first-order valence-electron chi connectivity index (χ1n) is 5.77. The molecule has 0 aromatic rings. The molecular weight excluding hydrogens is 224 g/mol. The van der Waals surface area contributed by atoms with Crippen LogP contribution in [0.25, 0.3) is 0 Å². The predicted molar refractivity (Wildman–Crippen MR) is 67.6 cm³/mol. The molecule has 1 rings (SSSR count). The Kier molecular flexibility index (Phi) is 6.16. The highest BCUT2D eigenvalue weighted by molar-refractivity contribution is 7.99. The van der Waals surface area contributed by atoms with Gasteiger partial charge in [0.25, 0.3) is 5.91 Å². The van der Waals surface area contributed by atoms with Gasteiger partial charge in [0.1, 0.15) is 6.10 Å². The molecule has 0 aromatic heterocycles. The summed E-state index contributed by atoms with van der Waals surface area (Å²) in [6.45, 7) is 0.239. The molecular formula is C11H22N2O2S. The molecule has 1 amide bonds. The van der Waals surface area contributed by atoms with Crippen LogP contribution in [-0.4, -0.2) is 43.2 Å². The first-order valence-corrected chi connectivity index (χ1v) is 7.06. The van der Waals surface area contributed by atoms with Crippen molar-refractivity contribution in [2.24, 2.45) is 5.73 Å². The molecule has 1 atom stereocenters. The number of thioether (sulfide) groups is 1. The summed E-state index contributed by atoms with van der Waals surface area (Å²) in [5.41, 5.74) is 5.44. The zero-order chi connectivity index (χ0) is 12.0. The van der Waals surface area contributed by atoms with E-state index in [9.17, 15) is 4.79 Å². The lowest BCUT2D eigenvalue weighted by molar-refractivity contribution is -0.131. The molecule has 4 nitrogen and oxygen atoms in total. The van der Waals surface area contributed by atoms with E-state index in [1.807, 2.05) is 11.8 Å². The second-order valence-corrected chi connectivity index (χ2v) is 5.32. The van der Waals surface area contributed by atoms with Crippen LogP contribution >= 0.6 is 11.8 Å². The molecule has 5 heteroatoms. The molecule has 1 aliphatic carbocycles. The van der Waals surface area contributed by atoms with Gasteiger partial charge in [0.2, 0.25) is 0 Å². The van der Waals surface area contributed by atoms with Crippen LogP contribution in [0, 0.1) is 0 Å². The molecule has 0 heterocycles. The van der Waals surface area contributed by atoms with Crippen LogP contribution in [0.3, 0.4) is 0 Å². The second kappa shape index (κ2) is 7.14. The zero-order valence-electron chi connectivity index (χ0n) is 10.1. The number of methoxy groups -OCH3 is 1. The van der Waals surface area contributed by atoms with Gasteiger partial charge in [0, 0.05) is 24.9 Å². The van der Waals surface area contributed by atoms with Gasteiger partial charge in [0.05, 0.1) is 0 Å². The van der Waals surface area contributed by atoms with Gasteiger partial charge in [-0.2, -0.15) is 11.8 Å². The molecule has 1 unspecified atom stereocenters. The van der Waals surface area contributed by atoms with Gasteiger partial charge in [0.15, 0.2) is 0 Å². The van der Waals surface area contributed by atoms with Crippen molar-refractivity contribution < 1.29 is 9.53 Å².